The van der Waals surface area contributed by atoms with Crippen molar-refractivity contribution in [3.63, 3.8) is 0 Å². The van der Waals surface area contributed by atoms with E-state index in [0.717, 1.165) is 25.9 Å². The van der Waals surface area contributed by atoms with E-state index in [2.05, 4.69) is 15.3 Å². The number of piperidine rings is 1. The summed E-state index contributed by atoms with van der Waals surface area (Å²) in [6, 6.07) is 0. The molecule has 1 aromatic heterocycles. The predicted octanol–water partition coefficient (Wildman–Crippen LogP) is 1.27. The summed E-state index contributed by atoms with van der Waals surface area (Å²) in [5.74, 6) is 1.08. The Balaban J connectivity index is 2.14. The standard InChI is InChI=1S/C14H23N5O2/c1-3-16-12-11(15)13(18-9-17-12)19-7-5-6-10(8-19)14(20)21-4-2/h9-10H,3-8,15H2,1-2H3,(H,16,17,18). The van der Waals surface area contributed by atoms with E-state index in [0.29, 0.717) is 30.5 Å². The average molecular weight is 293 g/mol. The first-order valence-electron chi connectivity index (χ1n) is 7.43. The summed E-state index contributed by atoms with van der Waals surface area (Å²) >= 11 is 0. The Hall–Kier alpha value is -2.05. The molecule has 0 aliphatic carbocycles. The van der Waals surface area contributed by atoms with E-state index in [-0.39, 0.29) is 11.9 Å². The van der Waals surface area contributed by atoms with Gasteiger partial charge in [-0.15, -0.1) is 0 Å². The average Bonchev–Trinajstić information content (AvgIpc) is 2.50. The van der Waals surface area contributed by atoms with Gasteiger partial charge in [0.15, 0.2) is 11.6 Å². The Morgan fingerprint density at radius 2 is 2.33 bits per heavy atom. The second-order valence-corrected chi connectivity index (χ2v) is 5.03. The fraction of sp³-hybridized carbons (Fsp3) is 0.643. The molecule has 0 spiro atoms. The number of nitrogens with one attached hydrogen (secondary N) is 1. The van der Waals surface area contributed by atoms with Gasteiger partial charge in [-0.25, -0.2) is 9.97 Å². The largest absolute Gasteiger partial charge is 0.466 e. The molecular formula is C14H23N5O2. The van der Waals surface area contributed by atoms with Crippen LogP contribution in [-0.4, -0.2) is 42.2 Å². The zero-order valence-electron chi connectivity index (χ0n) is 12.6. The fourth-order valence-electron chi connectivity index (χ4n) is 2.57. The van der Waals surface area contributed by atoms with Gasteiger partial charge in [0, 0.05) is 19.6 Å². The van der Waals surface area contributed by atoms with E-state index in [1.807, 2.05) is 18.7 Å². The summed E-state index contributed by atoms with van der Waals surface area (Å²) in [4.78, 5) is 22.4. The number of rotatable bonds is 5. The first-order valence-corrected chi connectivity index (χ1v) is 7.43. The van der Waals surface area contributed by atoms with Crippen LogP contribution in [0, 0.1) is 5.92 Å². The zero-order valence-corrected chi connectivity index (χ0v) is 12.6. The van der Waals surface area contributed by atoms with Crippen LogP contribution in [0.2, 0.25) is 0 Å². The lowest BCUT2D eigenvalue weighted by molar-refractivity contribution is -0.148. The highest BCUT2D eigenvalue weighted by Crippen LogP contribution is 2.29. The highest BCUT2D eigenvalue weighted by molar-refractivity contribution is 5.77. The molecule has 2 rings (SSSR count). The minimum absolute atomic E-state index is 0.115. The Morgan fingerprint density at radius 3 is 3.05 bits per heavy atom. The number of ether oxygens (including phenoxy) is 1. The molecule has 0 radical (unpaired) electrons. The van der Waals surface area contributed by atoms with Crippen molar-refractivity contribution >= 4 is 23.3 Å². The molecule has 1 atom stereocenters. The molecule has 0 amide bonds. The van der Waals surface area contributed by atoms with Gasteiger partial charge in [0.05, 0.1) is 12.5 Å². The molecule has 3 N–H and O–H groups in total. The zero-order chi connectivity index (χ0) is 15.2. The van der Waals surface area contributed by atoms with Crippen molar-refractivity contribution in [2.45, 2.75) is 26.7 Å². The monoisotopic (exact) mass is 293 g/mol. The lowest BCUT2D eigenvalue weighted by Crippen LogP contribution is -2.40. The Labute approximate surface area is 124 Å². The molecule has 1 aliphatic heterocycles. The van der Waals surface area contributed by atoms with E-state index < -0.39 is 0 Å². The second-order valence-electron chi connectivity index (χ2n) is 5.03. The molecule has 0 bridgehead atoms. The molecule has 21 heavy (non-hydrogen) atoms. The van der Waals surface area contributed by atoms with Crippen LogP contribution >= 0.6 is 0 Å². The lowest BCUT2D eigenvalue weighted by atomic mass is 9.98. The highest BCUT2D eigenvalue weighted by atomic mass is 16.5. The maximum absolute atomic E-state index is 11.9. The van der Waals surface area contributed by atoms with Crippen LogP contribution in [0.3, 0.4) is 0 Å². The lowest BCUT2D eigenvalue weighted by Gasteiger charge is -2.33. The van der Waals surface area contributed by atoms with Crippen LogP contribution in [-0.2, 0) is 9.53 Å². The number of nitrogens with two attached hydrogens (primary N) is 1. The number of carbonyl (C=O) groups is 1. The molecule has 1 fully saturated rings. The molecular weight excluding hydrogens is 270 g/mol. The number of anilines is 3. The Bertz CT molecular complexity index is 494. The SMILES string of the molecule is CCNc1ncnc(N2CCCC(C(=O)OCC)C2)c1N. The van der Waals surface area contributed by atoms with E-state index in [9.17, 15) is 4.79 Å². The first-order chi connectivity index (χ1) is 10.2. The van der Waals surface area contributed by atoms with Crippen molar-refractivity contribution in [2.75, 3.05) is 42.2 Å². The van der Waals surface area contributed by atoms with Crippen LogP contribution in [0.25, 0.3) is 0 Å². The van der Waals surface area contributed by atoms with Gasteiger partial charge in [0.2, 0.25) is 0 Å². The normalized spacial score (nSPS) is 18.4. The van der Waals surface area contributed by atoms with E-state index in [1.54, 1.807) is 0 Å². The van der Waals surface area contributed by atoms with Crippen molar-refractivity contribution in [1.82, 2.24) is 9.97 Å². The van der Waals surface area contributed by atoms with Gasteiger partial charge in [0.25, 0.3) is 0 Å². The van der Waals surface area contributed by atoms with Crippen LogP contribution in [0.1, 0.15) is 26.7 Å². The Morgan fingerprint density at radius 1 is 1.52 bits per heavy atom. The summed E-state index contributed by atoms with van der Waals surface area (Å²) in [5, 5.41) is 3.12. The number of esters is 1. The molecule has 7 nitrogen and oxygen atoms in total. The van der Waals surface area contributed by atoms with Crippen molar-refractivity contribution < 1.29 is 9.53 Å². The quantitative estimate of drug-likeness (QED) is 0.789. The summed E-state index contributed by atoms with van der Waals surface area (Å²) in [7, 11) is 0. The second kappa shape index (κ2) is 7.10. The summed E-state index contributed by atoms with van der Waals surface area (Å²) in [5.41, 5.74) is 6.67. The van der Waals surface area contributed by atoms with Crippen molar-refractivity contribution in [3.8, 4) is 0 Å². The third-order valence-corrected chi connectivity index (χ3v) is 3.55. The molecule has 7 heteroatoms. The van der Waals surface area contributed by atoms with Gasteiger partial charge in [-0.1, -0.05) is 0 Å². The van der Waals surface area contributed by atoms with Gasteiger partial charge in [-0.05, 0) is 26.7 Å². The number of nitrogen functional groups attached to an aromatic ring is 1. The van der Waals surface area contributed by atoms with E-state index >= 15 is 0 Å². The number of hydrogen-bond acceptors (Lipinski definition) is 7. The van der Waals surface area contributed by atoms with Gasteiger partial charge < -0.3 is 20.7 Å². The molecule has 116 valence electrons. The minimum atomic E-state index is -0.137. The first kappa shape index (κ1) is 15.3. The van der Waals surface area contributed by atoms with Crippen LogP contribution < -0.4 is 16.0 Å². The molecule has 0 saturated carbocycles. The highest BCUT2D eigenvalue weighted by Gasteiger charge is 2.28. The molecule has 2 heterocycles. The molecule has 1 aliphatic rings. The maximum Gasteiger partial charge on any atom is 0.310 e. The predicted molar refractivity (Wildman–Crippen MR) is 82.2 cm³/mol. The van der Waals surface area contributed by atoms with Gasteiger partial charge in [-0.2, -0.15) is 0 Å². The third kappa shape index (κ3) is 3.53. The van der Waals surface area contributed by atoms with E-state index in [1.165, 1.54) is 6.33 Å². The molecule has 1 unspecified atom stereocenters. The van der Waals surface area contributed by atoms with Crippen LogP contribution in [0.4, 0.5) is 17.3 Å². The van der Waals surface area contributed by atoms with Crippen molar-refractivity contribution in [1.29, 1.82) is 0 Å². The summed E-state index contributed by atoms with van der Waals surface area (Å²) in [6.45, 7) is 6.39. The molecule has 1 saturated heterocycles. The van der Waals surface area contributed by atoms with Gasteiger partial charge >= 0.3 is 5.97 Å². The third-order valence-electron chi connectivity index (χ3n) is 3.55. The Kier molecular flexibility index (Phi) is 5.19. The molecule has 0 aromatic carbocycles. The fourth-order valence-corrected chi connectivity index (χ4v) is 2.57. The topological polar surface area (TPSA) is 93.4 Å². The van der Waals surface area contributed by atoms with Crippen molar-refractivity contribution in [2.24, 2.45) is 5.92 Å². The number of nitrogens with zero attached hydrogens (tertiary/aromatic N) is 3. The number of aromatic nitrogens is 2. The smallest absolute Gasteiger partial charge is 0.310 e. The van der Waals surface area contributed by atoms with Crippen molar-refractivity contribution in [3.05, 3.63) is 6.33 Å². The van der Waals surface area contributed by atoms with Crippen LogP contribution in [0.5, 0.6) is 0 Å². The van der Waals surface area contributed by atoms with Crippen LogP contribution in [0.15, 0.2) is 6.33 Å². The molecule has 1 aromatic rings. The maximum atomic E-state index is 11.9. The van der Waals surface area contributed by atoms with Gasteiger partial charge in [0.1, 0.15) is 12.0 Å². The summed E-state index contributed by atoms with van der Waals surface area (Å²) < 4.78 is 5.12. The van der Waals surface area contributed by atoms with Gasteiger partial charge in [-0.3, -0.25) is 4.79 Å². The minimum Gasteiger partial charge on any atom is -0.466 e. The number of hydrogen-bond donors (Lipinski definition) is 2. The number of carbonyl (C=O) groups excluding carboxylic acids is 1. The van der Waals surface area contributed by atoms with E-state index in [4.69, 9.17) is 10.5 Å². The summed E-state index contributed by atoms with van der Waals surface area (Å²) in [6.07, 6.45) is 3.27.